The summed E-state index contributed by atoms with van der Waals surface area (Å²) < 4.78 is 15.9. The van der Waals surface area contributed by atoms with Crippen LogP contribution < -0.4 is 4.74 Å². The number of hydrogen-bond acceptors (Lipinski definition) is 7. The van der Waals surface area contributed by atoms with Gasteiger partial charge >= 0.3 is 5.97 Å². The molecule has 2 atom stereocenters. The summed E-state index contributed by atoms with van der Waals surface area (Å²) in [5.74, 6) is -1.57. The standard InChI is InChI=1S/C26H27NO7/c1-3-33-19-12-10-17(11-13-19)23(28)21-22(16-6-8-18(9-7-16)26(31)32-2)27(25(30)24(21)29)15-20-5-4-14-34-20/h6-13,20,22,28H,3-5,14-15H2,1-2H3/b23-21-. The van der Waals surface area contributed by atoms with Crippen molar-refractivity contribution in [1.29, 1.82) is 0 Å². The van der Waals surface area contributed by atoms with E-state index in [1.165, 1.54) is 12.0 Å². The van der Waals surface area contributed by atoms with Crippen LogP contribution in [0.1, 0.15) is 47.3 Å². The fourth-order valence-corrected chi connectivity index (χ4v) is 4.37. The van der Waals surface area contributed by atoms with E-state index in [1.54, 1.807) is 48.5 Å². The van der Waals surface area contributed by atoms with Gasteiger partial charge < -0.3 is 24.2 Å². The number of Topliss-reactive ketones (excluding diaryl/α,β-unsaturated/α-hetero) is 1. The van der Waals surface area contributed by atoms with Crippen molar-refractivity contribution in [3.05, 3.63) is 70.8 Å². The first-order chi connectivity index (χ1) is 16.4. The lowest BCUT2D eigenvalue weighted by Gasteiger charge is -2.27. The van der Waals surface area contributed by atoms with Gasteiger partial charge in [-0.1, -0.05) is 12.1 Å². The van der Waals surface area contributed by atoms with Gasteiger partial charge in [-0.25, -0.2) is 4.79 Å². The van der Waals surface area contributed by atoms with Gasteiger partial charge in [-0.15, -0.1) is 0 Å². The maximum atomic E-state index is 13.1. The lowest BCUT2D eigenvalue weighted by Crippen LogP contribution is -2.36. The van der Waals surface area contributed by atoms with Gasteiger partial charge in [0.25, 0.3) is 11.7 Å². The minimum atomic E-state index is -0.817. The average molecular weight is 466 g/mol. The number of aliphatic hydroxyl groups excluding tert-OH is 1. The van der Waals surface area contributed by atoms with E-state index in [-0.39, 0.29) is 24.0 Å². The van der Waals surface area contributed by atoms with E-state index in [0.29, 0.717) is 35.7 Å². The summed E-state index contributed by atoms with van der Waals surface area (Å²) in [6.07, 6.45) is 1.50. The van der Waals surface area contributed by atoms with Gasteiger partial charge in [0, 0.05) is 18.7 Å². The summed E-state index contributed by atoms with van der Waals surface area (Å²) >= 11 is 0. The number of ether oxygens (including phenoxy) is 3. The van der Waals surface area contributed by atoms with E-state index in [9.17, 15) is 19.5 Å². The molecule has 2 aliphatic heterocycles. The number of ketones is 1. The van der Waals surface area contributed by atoms with Crippen molar-refractivity contribution in [2.24, 2.45) is 0 Å². The highest BCUT2D eigenvalue weighted by Crippen LogP contribution is 2.40. The van der Waals surface area contributed by atoms with Crippen molar-refractivity contribution < 1.29 is 33.7 Å². The summed E-state index contributed by atoms with van der Waals surface area (Å²) in [7, 11) is 1.30. The lowest BCUT2D eigenvalue weighted by molar-refractivity contribution is -0.140. The Morgan fingerprint density at radius 1 is 1.09 bits per heavy atom. The number of aliphatic hydroxyl groups is 1. The molecule has 2 aliphatic rings. The predicted molar refractivity (Wildman–Crippen MR) is 123 cm³/mol. The number of methoxy groups -OCH3 is 1. The van der Waals surface area contributed by atoms with Gasteiger partial charge in [0.05, 0.1) is 37.0 Å². The molecule has 0 bridgehead atoms. The highest BCUT2D eigenvalue weighted by molar-refractivity contribution is 6.46. The summed E-state index contributed by atoms with van der Waals surface area (Å²) in [5.41, 5.74) is 1.33. The summed E-state index contributed by atoms with van der Waals surface area (Å²) in [6.45, 7) is 3.21. The molecule has 0 aliphatic carbocycles. The summed E-state index contributed by atoms with van der Waals surface area (Å²) in [4.78, 5) is 39.5. The van der Waals surface area contributed by atoms with Gasteiger partial charge in [0.15, 0.2) is 0 Å². The molecular weight excluding hydrogens is 438 g/mol. The summed E-state index contributed by atoms with van der Waals surface area (Å²) in [5, 5.41) is 11.2. The Kier molecular flexibility index (Phi) is 6.98. The molecule has 1 amide bonds. The van der Waals surface area contributed by atoms with Crippen molar-refractivity contribution in [2.45, 2.75) is 31.9 Å². The number of carbonyl (C=O) groups is 3. The Morgan fingerprint density at radius 2 is 1.76 bits per heavy atom. The maximum Gasteiger partial charge on any atom is 0.337 e. The molecule has 4 rings (SSSR count). The molecule has 34 heavy (non-hydrogen) atoms. The van der Waals surface area contributed by atoms with Crippen LogP contribution in [-0.4, -0.2) is 60.6 Å². The number of hydrogen-bond donors (Lipinski definition) is 1. The van der Waals surface area contributed by atoms with Crippen LogP contribution in [0.3, 0.4) is 0 Å². The molecule has 2 fully saturated rings. The van der Waals surface area contributed by atoms with E-state index >= 15 is 0 Å². The Bertz CT molecular complexity index is 1100. The normalized spacial score (nSPS) is 21.6. The zero-order valence-corrected chi connectivity index (χ0v) is 19.2. The molecule has 0 saturated carbocycles. The fraction of sp³-hybridized carbons (Fsp3) is 0.346. The van der Waals surface area contributed by atoms with Crippen LogP contribution in [0.15, 0.2) is 54.1 Å². The van der Waals surface area contributed by atoms with Crippen molar-refractivity contribution in [3.8, 4) is 5.75 Å². The minimum Gasteiger partial charge on any atom is -0.507 e. The second-order valence-corrected chi connectivity index (χ2v) is 8.16. The SMILES string of the molecule is CCOc1ccc(/C(O)=C2/C(=O)C(=O)N(CC3CCCO3)C2c2ccc(C(=O)OC)cc2)cc1. The molecule has 8 heteroatoms. The van der Waals surface area contributed by atoms with Gasteiger partial charge in [0.2, 0.25) is 0 Å². The topological polar surface area (TPSA) is 102 Å². The second kappa shape index (κ2) is 10.1. The van der Waals surface area contributed by atoms with Crippen LogP contribution in [0.4, 0.5) is 0 Å². The third-order valence-electron chi connectivity index (χ3n) is 6.05. The number of likely N-dealkylation sites (tertiary alicyclic amines) is 1. The molecule has 2 saturated heterocycles. The third-order valence-corrected chi connectivity index (χ3v) is 6.05. The molecule has 0 radical (unpaired) electrons. The molecule has 2 aromatic carbocycles. The van der Waals surface area contributed by atoms with Crippen LogP contribution in [0.2, 0.25) is 0 Å². The Balaban J connectivity index is 1.77. The zero-order valence-electron chi connectivity index (χ0n) is 19.2. The van der Waals surface area contributed by atoms with E-state index < -0.39 is 23.7 Å². The lowest BCUT2D eigenvalue weighted by atomic mass is 9.94. The molecule has 178 valence electrons. The third kappa shape index (κ3) is 4.54. The molecule has 2 unspecified atom stereocenters. The van der Waals surface area contributed by atoms with Crippen LogP contribution in [0, 0.1) is 0 Å². The van der Waals surface area contributed by atoms with Crippen LogP contribution in [0.5, 0.6) is 5.75 Å². The van der Waals surface area contributed by atoms with Gasteiger partial charge in [-0.2, -0.15) is 0 Å². The van der Waals surface area contributed by atoms with Crippen molar-refractivity contribution in [2.75, 3.05) is 26.9 Å². The van der Waals surface area contributed by atoms with Crippen LogP contribution in [-0.2, 0) is 19.1 Å². The minimum absolute atomic E-state index is 0.00188. The van der Waals surface area contributed by atoms with Crippen LogP contribution >= 0.6 is 0 Å². The molecule has 0 spiro atoms. The molecule has 2 aromatic rings. The number of carbonyl (C=O) groups excluding carboxylic acids is 3. The van der Waals surface area contributed by atoms with Crippen molar-refractivity contribution in [3.63, 3.8) is 0 Å². The number of amides is 1. The van der Waals surface area contributed by atoms with Gasteiger partial charge in [-0.05, 0) is 61.7 Å². The predicted octanol–water partition coefficient (Wildman–Crippen LogP) is 3.47. The smallest absolute Gasteiger partial charge is 0.337 e. The van der Waals surface area contributed by atoms with Gasteiger partial charge in [-0.3, -0.25) is 9.59 Å². The quantitative estimate of drug-likeness (QED) is 0.289. The van der Waals surface area contributed by atoms with Gasteiger partial charge in [0.1, 0.15) is 11.5 Å². The van der Waals surface area contributed by atoms with E-state index in [1.807, 2.05) is 6.92 Å². The molecule has 8 nitrogen and oxygen atoms in total. The Labute approximate surface area is 197 Å². The summed E-state index contributed by atoms with van der Waals surface area (Å²) in [6, 6.07) is 12.3. The van der Waals surface area contributed by atoms with E-state index in [2.05, 4.69) is 0 Å². The Morgan fingerprint density at radius 3 is 2.35 bits per heavy atom. The first kappa shape index (κ1) is 23.5. The maximum absolute atomic E-state index is 13.1. The molecule has 1 N–H and O–H groups in total. The second-order valence-electron chi connectivity index (χ2n) is 8.16. The largest absolute Gasteiger partial charge is 0.507 e. The molecule has 2 heterocycles. The fourth-order valence-electron chi connectivity index (χ4n) is 4.37. The monoisotopic (exact) mass is 465 g/mol. The number of rotatable bonds is 7. The first-order valence-corrected chi connectivity index (χ1v) is 11.3. The Hall–Kier alpha value is -3.65. The first-order valence-electron chi connectivity index (χ1n) is 11.3. The molecular formula is C26H27NO7. The van der Waals surface area contributed by atoms with E-state index in [0.717, 1.165) is 12.8 Å². The highest BCUT2D eigenvalue weighted by Gasteiger charge is 2.47. The highest BCUT2D eigenvalue weighted by atomic mass is 16.5. The number of benzene rings is 2. The number of nitrogens with zero attached hydrogens (tertiary/aromatic N) is 1. The van der Waals surface area contributed by atoms with Crippen molar-refractivity contribution in [1.82, 2.24) is 4.90 Å². The number of esters is 1. The van der Waals surface area contributed by atoms with E-state index in [4.69, 9.17) is 14.2 Å². The zero-order chi connectivity index (χ0) is 24.2. The average Bonchev–Trinajstić information content (AvgIpc) is 3.46. The van der Waals surface area contributed by atoms with Crippen molar-refractivity contribution >= 4 is 23.4 Å². The molecule has 0 aromatic heterocycles. The van der Waals surface area contributed by atoms with Crippen LogP contribution in [0.25, 0.3) is 5.76 Å².